The Morgan fingerprint density at radius 1 is 1.21 bits per heavy atom. The van der Waals surface area contributed by atoms with E-state index in [4.69, 9.17) is 20.2 Å². The van der Waals surface area contributed by atoms with E-state index < -0.39 is 0 Å². The number of hydrogen-bond acceptors (Lipinski definition) is 6. The summed E-state index contributed by atoms with van der Waals surface area (Å²) >= 11 is 1.72. The van der Waals surface area contributed by atoms with Crippen molar-refractivity contribution in [3.63, 3.8) is 0 Å². The van der Waals surface area contributed by atoms with Gasteiger partial charge in [0.15, 0.2) is 22.6 Å². The Morgan fingerprint density at radius 3 is 2.75 bits per heavy atom. The van der Waals surface area contributed by atoms with Gasteiger partial charge in [-0.25, -0.2) is 4.98 Å². The van der Waals surface area contributed by atoms with Crippen LogP contribution in [0.4, 0.5) is 5.13 Å². The lowest BCUT2D eigenvalue weighted by atomic mass is 10.1. The van der Waals surface area contributed by atoms with Crippen molar-refractivity contribution in [1.29, 1.82) is 0 Å². The number of methoxy groups -OCH3 is 2. The largest absolute Gasteiger partial charge is 0.493 e. The fraction of sp³-hybridized carbons (Fsp3) is 0.500. The second kappa shape index (κ2) is 10.2. The first kappa shape index (κ1) is 20.3. The minimum Gasteiger partial charge on any atom is -0.493 e. The van der Waals surface area contributed by atoms with Crippen molar-refractivity contribution >= 4 is 22.4 Å². The molecule has 1 aliphatic heterocycles. The third kappa shape index (κ3) is 5.51. The number of nitrogens with zero attached hydrogens (tertiary/aromatic N) is 3. The van der Waals surface area contributed by atoms with Crippen molar-refractivity contribution in [2.45, 2.75) is 25.7 Å². The van der Waals surface area contributed by atoms with Gasteiger partial charge in [-0.2, -0.15) is 0 Å². The molecular weight excluding hydrogens is 374 g/mol. The molecule has 1 aromatic heterocycles. The average Bonchev–Trinajstić information content (AvgIpc) is 3.39. The first-order valence-electron chi connectivity index (χ1n) is 9.63. The van der Waals surface area contributed by atoms with Gasteiger partial charge in [-0.3, -0.25) is 4.99 Å². The molecule has 1 aliphatic rings. The number of rotatable bonds is 9. The van der Waals surface area contributed by atoms with Gasteiger partial charge in [0, 0.05) is 38.0 Å². The van der Waals surface area contributed by atoms with Crippen LogP contribution in [0, 0.1) is 0 Å². The van der Waals surface area contributed by atoms with Crippen molar-refractivity contribution < 1.29 is 9.47 Å². The molecule has 0 saturated carbocycles. The molecule has 2 aromatic rings. The van der Waals surface area contributed by atoms with E-state index in [9.17, 15) is 0 Å². The molecule has 0 radical (unpaired) electrons. The monoisotopic (exact) mass is 403 g/mol. The van der Waals surface area contributed by atoms with Gasteiger partial charge in [-0.05, 0) is 37.0 Å². The van der Waals surface area contributed by atoms with Gasteiger partial charge in [0.25, 0.3) is 0 Å². The maximum atomic E-state index is 5.98. The molecule has 2 heterocycles. The molecule has 0 spiro atoms. The second-order valence-electron chi connectivity index (χ2n) is 6.70. The van der Waals surface area contributed by atoms with Gasteiger partial charge >= 0.3 is 0 Å². The van der Waals surface area contributed by atoms with Crippen LogP contribution in [0.3, 0.4) is 0 Å². The highest BCUT2D eigenvalue weighted by Crippen LogP contribution is 2.27. The van der Waals surface area contributed by atoms with Gasteiger partial charge in [-0.1, -0.05) is 6.07 Å². The summed E-state index contributed by atoms with van der Waals surface area (Å²) in [5.41, 5.74) is 8.22. The van der Waals surface area contributed by atoms with E-state index in [-0.39, 0.29) is 0 Å². The number of nitrogens with two attached hydrogens (primary N) is 1. The number of thiazole rings is 1. The lowest BCUT2D eigenvalue weighted by Gasteiger charge is -2.12. The number of hydrogen-bond donors (Lipinski definition) is 2. The van der Waals surface area contributed by atoms with Crippen molar-refractivity contribution in [3.8, 4) is 11.5 Å². The Kier molecular flexibility index (Phi) is 7.36. The van der Waals surface area contributed by atoms with E-state index in [2.05, 4.69) is 20.6 Å². The molecule has 3 rings (SSSR count). The summed E-state index contributed by atoms with van der Waals surface area (Å²) in [5.74, 6) is 1.93. The SMILES string of the molecule is COc1ccc(CCNC(N)=NCCc2csc(N3CCCC3)n2)cc1OC. The maximum absolute atomic E-state index is 5.98. The van der Waals surface area contributed by atoms with Crippen LogP contribution in [0.25, 0.3) is 0 Å². The van der Waals surface area contributed by atoms with Crippen LogP contribution in [0.2, 0.25) is 0 Å². The Bertz CT molecular complexity index is 787. The molecule has 152 valence electrons. The maximum Gasteiger partial charge on any atom is 0.188 e. The van der Waals surface area contributed by atoms with Crippen molar-refractivity contribution in [2.75, 3.05) is 45.3 Å². The lowest BCUT2D eigenvalue weighted by Crippen LogP contribution is -2.33. The molecule has 1 fully saturated rings. The van der Waals surface area contributed by atoms with Gasteiger partial charge < -0.3 is 25.4 Å². The molecular formula is C20H29N5O2S. The predicted molar refractivity (Wildman–Crippen MR) is 115 cm³/mol. The zero-order valence-corrected chi connectivity index (χ0v) is 17.4. The third-order valence-corrected chi connectivity index (χ3v) is 5.68. The number of aliphatic imine (C=N–C) groups is 1. The quantitative estimate of drug-likeness (QED) is 0.494. The Balaban J connectivity index is 1.40. The molecule has 0 unspecified atom stereocenters. The minimum atomic E-state index is 0.468. The summed E-state index contributed by atoms with van der Waals surface area (Å²) < 4.78 is 10.6. The zero-order valence-electron chi connectivity index (χ0n) is 16.6. The van der Waals surface area contributed by atoms with Crippen molar-refractivity contribution in [3.05, 3.63) is 34.8 Å². The van der Waals surface area contributed by atoms with E-state index in [0.29, 0.717) is 19.0 Å². The van der Waals surface area contributed by atoms with E-state index in [1.54, 1.807) is 25.6 Å². The second-order valence-corrected chi connectivity index (χ2v) is 7.54. The van der Waals surface area contributed by atoms with Crippen LogP contribution in [0.15, 0.2) is 28.6 Å². The molecule has 7 nitrogen and oxygen atoms in total. The van der Waals surface area contributed by atoms with Gasteiger partial charge in [-0.15, -0.1) is 11.3 Å². The van der Waals surface area contributed by atoms with Crippen molar-refractivity contribution in [2.24, 2.45) is 10.7 Å². The molecule has 28 heavy (non-hydrogen) atoms. The molecule has 0 aliphatic carbocycles. The van der Waals surface area contributed by atoms with Crippen LogP contribution in [-0.4, -0.2) is 51.3 Å². The summed E-state index contributed by atoms with van der Waals surface area (Å²) in [6, 6.07) is 5.92. The van der Waals surface area contributed by atoms with Crippen LogP contribution in [-0.2, 0) is 12.8 Å². The Labute approximate surface area is 170 Å². The molecule has 1 aromatic carbocycles. The van der Waals surface area contributed by atoms with Crippen LogP contribution in [0.5, 0.6) is 11.5 Å². The highest BCUT2D eigenvalue weighted by atomic mass is 32.1. The Morgan fingerprint density at radius 2 is 2.00 bits per heavy atom. The average molecular weight is 404 g/mol. The molecule has 0 atom stereocenters. The highest BCUT2D eigenvalue weighted by molar-refractivity contribution is 7.13. The van der Waals surface area contributed by atoms with Gasteiger partial charge in [0.05, 0.1) is 19.9 Å². The van der Waals surface area contributed by atoms with Gasteiger partial charge in [0.1, 0.15) is 0 Å². The molecule has 0 bridgehead atoms. The lowest BCUT2D eigenvalue weighted by molar-refractivity contribution is 0.354. The Hall–Kier alpha value is -2.48. The predicted octanol–water partition coefficient (Wildman–Crippen LogP) is 2.45. The molecule has 8 heteroatoms. The number of ether oxygens (including phenoxy) is 2. The van der Waals surface area contributed by atoms with Crippen molar-refractivity contribution in [1.82, 2.24) is 10.3 Å². The summed E-state index contributed by atoms with van der Waals surface area (Å²) in [4.78, 5) is 11.5. The number of nitrogens with one attached hydrogen (secondary N) is 1. The first-order valence-corrected chi connectivity index (χ1v) is 10.5. The highest BCUT2D eigenvalue weighted by Gasteiger charge is 2.15. The smallest absolute Gasteiger partial charge is 0.188 e. The summed E-state index contributed by atoms with van der Waals surface area (Å²) in [7, 11) is 3.27. The number of aromatic nitrogens is 1. The summed E-state index contributed by atoms with van der Waals surface area (Å²) in [5, 5.41) is 6.43. The standard InChI is InChI=1S/C20H29N5O2S/c1-26-17-6-5-15(13-18(17)27-2)7-9-22-19(21)23-10-8-16-14-28-20(24-16)25-11-3-4-12-25/h5-6,13-14H,3-4,7-12H2,1-2H3,(H3,21,22,23). The van der Waals surface area contributed by atoms with Crippen LogP contribution < -0.4 is 25.4 Å². The zero-order chi connectivity index (χ0) is 19.8. The summed E-state index contributed by atoms with van der Waals surface area (Å²) in [6.07, 6.45) is 4.17. The van der Waals surface area contributed by atoms with E-state index in [1.807, 2.05) is 18.2 Å². The van der Waals surface area contributed by atoms with Gasteiger partial charge in [0.2, 0.25) is 0 Å². The van der Waals surface area contributed by atoms with Crippen LogP contribution in [0.1, 0.15) is 24.1 Å². The minimum absolute atomic E-state index is 0.468. The normalized spacial score (nSPS) is 14.4. The fourth-order valence-electron chi connectivity index (χ4n) is 3.18. The van der Waals surface area contributed by atoms with E-state index >= 15 is 0 Å². The van der Waals surface area contributed by atoms with E-state index in [1.165, 1.54) is 12.8 Å². The first-order chi connectivity index (χ1) is 13.7. The number of benzene rings is 1. The van der Waals surface area contributed by atoms with E-state index in [0.717, 1.165) is 53.8 Å². The van der Waals surface area contributed by atoms with Crippen LogP contribution >= 0.6 is 11.3 Å². The molecule has 0 amide bonds. The number of guanidine groups is 1. The molecule has 1 saturated heterocycles. The number of anilines is 1. The fourth-order valence-corrected chi connectivity index (χ4v) is 4.10. The summed E-state index contributed by atoms with van der Waals surface area (Å²) in [6.45, 7) is 3.60. The topological polar surface area (TPSA) is 85.0 Å². The molecule has 3 N–H and O–H groups in total. The third-order valence-electron chi connectivity index (χ3n) is 4.73.